The van der Waals surface area contributed by atoms with Crippen LogP contribution in [0, 0.1) is 5.82 Å². The van der Waals surface area contributed by atoms with Crippen LogP contribution in [0.25, 0.3) is 21.7 Å². The largest absolute Gasteiger partial charge is 0.238 e. The van der Waals surface area contributed by atoms with E-state index in [1.54, 1.807) is 6.07 Å². The topological polar surface area (TPSA) is 107 Å². The molecule has 0 saturated heterocycles. The number of hydrogen-bond donors (Lipinski definition) is 1. The summed E-state index contributed by atoms with van der Waals surface area (Å²) in [6, 6.07) is 17.0. The normalized spacial score (nSPS) is 12.1. The molecule has 0 aliphatic heterocycles. The average Bonchev–Trinajstić information content (AvgIpc) is 3.20. The molecular formula is C21H14ClFN2O4S3. The molecule has 0 saturated carbocycles. The Labute approximate surface area is 193 Å². The van der Waals surface area contributed by atoms with Crippen molar-refractivity contribution in [1.29, 1.82) is 0 Å². The lowest BCUT2D eigenvalue weighted by Crippen LogP contribution is -2.11. The second kappa shape index (κ2) is 8.38. The van der Waals surface area contributed by atoms with E-state index in [0.29, 0.717) is 21.7 Å². The number of nitrogens with zero attached hydrogens (tertiary/aromatic N) is 1. The van der Waals surface area contributed by atoms with E-state index in [4.69, 9.17) is 16.7 Å². The van der Waals surface area contributed by atoms with Gasteiger partial charge in [-0.2, -0.15) is 0 Å². The van der Waals surface area contributed by atoms with Crippen LogP contribution in [0.2, 0.25) is 5.02 Å². The Kier molecular flexibility index (Phi) is 5.91. The van der Waals surface area contributed by atoms with Crippen LogP contribution in [0.3, 0.4) is 0 Å². The molecule has 3 aromatic carbocycles. The lowest BCUT2D eigenvalue weighted by Gasteiger charge is -2.04. The van der Waals surface area contributed by atoms with E-state index >= 15 is 0 Å². The van der Waals surface area contributed by atoms with Crippen molar-refractivity contribution in [3.63, 3.8) is 0 Å². The highest BCUT2D eigenvalue weighted by Gasteiger charge is 2.26. The molecular weight excluding hydrogens is 495 g/mol. The third-order valence-electron chi connectivity index (χ3n) is 4.51. The standard InChI is InChI=1S/C21H14ClFN2O4S3/c22-15-2-1-3-18(12-15)31(26,27)21-25-19(13-4-8-16(23)9-5-13)20(30-21)14-6-10-17(11-7-14)32(24,28)29/h1-12H,(H2,24,28,29). The van der Waals surface area contributed by atoms with Gasteiger partial charge in [-0.15, -0.1) is 11.3 Å². The number of benzene rings is 3. The van der Waals surface area contributed by atoms with Crippen molar-refractivity contribution in [3.05, 3.63) is 83.6 Å². The van der Waals surface area contributed by atoms with Gasteiger partial charge in [-0.25, -0.2) is 31.3 Å². The molecule has 4 rings (SSSR count). The summed E-state index contributed by atoms with van der Waals surface area (Å²) in [7, 11) is -7.87. The van der Waals surface area contributed by atoms with Gasteiger partial charge in [0.1, 0.15) is 5.82 Å². The maximum Gasteiger partial charge on any atom is 0.238 e. The molecule has 32 heavy (non-hydrogen) atoms. The van der Waals surface area contributed by atoms with Gasteiger partial charge >= 0.3 is 0 Å². The molecule has 2 N–H and O–H groups in total. The molecule has 0 fully saturated rings. The van der Waals surface area contributed by atoms with Gasteiger partial charge in [-0.3, -0.25) is 0 Å². The summed E-state index contributed by atoms with van der Waals surface area (Å²) in [5.74, 6) is -0.449. The molecule has 1 heterocycles. The number of halogens is 2. The van der Waals surface area contributed by atoms with Crippen LogP contribution >= 0.6 is 22.9 Å². The fourth-order valence-corrected chi connectivity index (χ4v) is 6.47. The summed E-state index contributed by atoms with van der Waals surface area (Å²) >= 11 is 6.87. The van der Waals surface area contributed by atoms with Crippen LogP contribution in [0.15, 0.2) is 86.9 Å². The van der Waals surface area contributed by atoms with Crippen molar-refractivity contribution in [2.45, 2.75) is 14.1 Å². The predicted molar refractivity (Wildman–Crippen MR) is 121 cm³/mol. The maximum atomic E-state index is 13.4. The van der Waals surface area contributed by atoms with Gasteiger partial charge in [0.25, 0.3) is 0 Å². The lowest BCUT2D eigenvalue weighted by molar-refractivity contribution is 0.594. The van der Waals surface area contributed by atoms with Gasteiger partial charge in [0.15, 0.2) is 0 Å². The van der Waals surface area contributed by atoms with Crippen LogP contribution in [0.1, 0.15) is 0 Å². The van der Waals surface area contributed by atoms with Crippen LogP contribution < -0.4 is 5.14 Å². The van der Waals surface area contributed by atoms with Crippen LogP contribution in [-0.2, 0) is 19.9 Å². The van der Waals surface area contributed by atoms with Gasteiger partial charge in [0.2, 0.25) is 24.2 Å². The number of primary sulfonamides is 1. The number of sulfone groups is 1. The summed E-state index contributed by atoms with van der Waals surface area (Å²) in [6.45, 7) is 0. The van der Waals surface area contributed by atoms with Crippen molar-refractivity contribution < 1.29 is 21.2 Å². The van der Waals surface area contributed by atoms with Crippen molar-refractivity contribution >= 4 is 42.8 Å². The molecule has 0 amide bonds. The highest BCUT2D eigenvalue weighted by molar-refractivity contribution is 7.93. The van der Waals surface area contributed by atoms with E-state index in [2.05, 4.69) is 4.98 Å². The molecule has 6 nitrogen and oxygen atoms in total. The third kappa shape index (κ3) is 4.45. The molecule has 0 unspecified atom stereocenters. The molecule has 0 aliphatic carbocycles. The zero-order valence-corrected chi connectivity index (χ0v) is 19.3. The zero-order chi connectivity index (χ0) is 23.1. The second-order valence-corrected chi connectivity index (χ2v) is 11.8. The van der Waals surface area contributed by atoms with Gasteiger partial charge in [0, 0.05) is 10.6 Å². The molecule has 1 aromatic heterocycles. The van der Waals surface area contributed by atoms with E-state index in [1.807, 2.05) is 0 Å². The molecule has 4 aromatic rings. The highest BCUT2D eigenvalue weighted by Crippen LogP contribution is 2.40. The first kappa shape index (κ1) is 22.6. The van der Waals surface area contributed by atoms with E-state index < -0.39 is 25.7 Å². The van der Waals surface area contributed by atoms with Crippen LogP contribution in [0.4, 0.5) is 4.39 Å². The Balaban J connectivity index is 1.91. The molecule has 164 valence electrons. The van der Waals surface area contributed by atoms with Gasteiger partial charge < -0.3 is 0 Å². The van der Waals surface area contributed by atoms with Gasteiger partial charge in [-0.05, 0) is 60.2 Å². The maximum absolute atomic E-state index is 13.4. The quantitative estimate of drug-likeness (QED) is 0.418. The Morgan fingerprint density at radius 2 is 1.47 bits per heavy atom. The summed E-state index contributed by atoms with van der Waals surface area (Å²) in [4.78, 5) is 4.73. The van der Waals surface area contributed by atoms with Gasteiger partial charge in [0.05, 0.1) is 20.4 Å². The SMILES string of the molecule is NS(=O)(=O)c1ccc(-c2sc(S(=O)(=O)c3cccc(Cl)c3)nc2-c2ccc(F)cc2)cc1. The molecule has 0 atom stereocenters. The minimum Gasteiger partial charge on any atom is -0.225 e. The van der Waals surface area contributed by atoms with E-state index in [1.165, 1.54) is 66.7 Å². The van der Waals surface area contributed by atoms with Gasteiger partial charge in [-0.1, -0.05) is 29.8 Å². The van der Waals surface area contributed by atoms with Crippen molar-refractivity contribution in [2.24, 2.45) is 5.14 Å². The second-order valence-electron chi connectivity index (χ2n) is 6.69. The molecule has 0 bridgehead atoms. The Hall–Kier alpha value is -2.63. The van der Waals surface area contributed by atoms with E-state index in [-0.39, 0.29) is 19.2 Å². The average molecular weight is 509 g/mol. The number of nitrogens with two attached hydrogens (primary N) is 1. The number of aromatic nitrogens is 1. The number of rotatable bonds is 5. The first-order valence-corrected chi connectivity index (χ1v) is 13.2. The highest BCUT2D eigenvalue weighted by atomic mass is 35.5. The summed E-state index contributed by atoms with van der Waals surface area (Å²) < 4.78 is 62.8. The molecule has 0 radical (unpaired) electrons. The van der Waals surface area contributed by atoms with Crippen molar-refractivity contribution in [3.8, 4) is 21.7 Å². The zero-order valence-electron chi connectivity index (χ0n) is 16.1. The minimum absolute atomic E-state index is 0.0134. The van der Waals surface area contributed by atoms with Crippen LogP contribution in [0.5, 0.6) is 0 Å². The lowest BCUT2D eigenvalue weighted by atomic mass is 10.1. The number of hydrogen-bond acceptors (Lipinski definition) is 6. The third-order valence-corrected chi connectivity index (χ3v) is 8.90. The Bertz CT molecular complexity index is 1520. The number of sulfonamides is 1. The monoisotopic (exact) mass is 508 g/mol. The number of thiazole rings is 1. The van der Waals surface area contributed by atoms with Crippen molar-refractivity contribution in [1.82, 2.24) is 4.98 Å². The van der Waals surface area contributed by atoms with Crippen LogP contribution in [-0.4, -0.2) is 21.8 Å². The Morgan fingerprint density at radius 3 is 2.06 bits per heavy atom. The predicted octanol–water partition coefficient (Wildman–Crippen LogP) is 4.75. The van der Waals surface area contributed by atoms with E-state index in [9.17, 15) is 21.2 Å². The fourth-order valence-electron chi connectivity index (χ4n) is 2.95. The fraction of sp³-hybridized carbons (Fsp3) is 0. The summed E-state index contributed by atoms with van der Waals surface area (Å²) in [5, 5.41) is 5.42. The van der Waals surface area contributed by atoms with Crippen molar-refractivity contribution in [2.75, 3.05) is 0 Å². The molecule has 0 spiro atoms. The molecule has 0 aliphatic rings. The molecule has 11 heteroatoms. The first-order valence-electron chi connectivity index (χ1n) is 8.96. The smallest absolute Gasteiger partial charge is 0.225 e. The Morgan fingerprint density at radius 1 is 0.844 bits per heavy atom. The van der Waals surface area contributed by atoms with E-state index in [0.717, 1.165) is 11.3 Å². The summed E-state index contributed by atoms with van der Waals surface area (Å²) in [5.41, 5.74) is 1.35. The first-order chi connectivity index (χ1) is 15.1. The minimum atomic E-state index is -3.99. The summed E-state index contributed by atoms with van der Waals surface area (Å²) in [6.07, 6.45) is 0.